The summed E-state index contributed by atoms with van der Waals surface area (Å²) in [5.41, 5.74) is 7.22. The molecular formula is C38H34N2O5. The number of nitrogens with one attached hydrogen (secondary N) is 1. The molecule has 0 bridgehead atoms. The fraction of sp³-hybridized carbons (Fsp3) is 0.132. The van der Waals surface area contributed by atoms with Gasteiger partial charge in [-0.15, -0.1) is 0 Å². The number of imidazole rings is 1. The molecule has 0 aliphatic carbocycles. The van der Waals surface area contributed by atoms with Gasteiger partial charge in [-0.05, 0) is 72.4 Å². The van der Waals surface area contributed by atoms with Crippen molar-refractivity contribution in [3.8, 4) is 39.7 Å². The van der Waals surface area contributed by atoms with E-state index in [0.717, 1.165) is 70.3 Å². The molecule has 45 heavy (non-hydrogen) atoms. The molecule has 0 spiro atoms. The Morgan fingerprint density at radius 1 is 0.756 bits per heavy atom. The fourth-order valence-corrected chi connectivity index (χ4v) is 4.82. The fourth-order valence-electron chi connectivity index (χ4n) is 4.82. The van der Waals surface area contributed by atoms with Gasteiger partial charge in [0.05, 0.1) is 25.1 Å². The third-order valence-corrected chi connectivity index (χ3v) is 7.23. The predicted molar refractivity (Wildman–Crippen MR) is 177 cm³/mol. The standard InChI is InChI=1S/C38H34N2O5/c1-44-33-22-20-32(21-23-33)38-39-36(30-16-10-28(11-17-30)14-24-34(41)42)37(40-38)31-18-12-29(13-19-31)15-25-35(43)45-26-6-5-9-27-7-3-2-4-8-27/h2-4,7-8,10-25H,5-6,9,26H2,1H3,(H,39,40)(H,41,42). The Hall–Kier alpha value is -5.69. The maximum atomic E-state index is 12.3. The van der Waals surface area contributed by atoms with Gasteiger partial charge < -0.3 is 19.6 Å². The summed E-state index contributed by atoms with van der Waals surface area (Å²) in [6.07, 6.45) is 8.61. The number of hydrogen-bond donors (Lipinski definition) is 2. The number of H-pyrrole nitrogens is 1. The number of hydrogen-bond acceptors (Lipinski definition) is 5. The summed E-state index contributed by atoms with van der Waals surface area (Å²) in [5, 5.41) is 8.94. The molecule has 0 saturated carbocycles. The largest absolute Gasteiger partial charge is 0.497 e. The van der Waals surface area contributed by atoms with Gasteiger partial charge in [0.2, 0.25) is 0 Å². The minimum absolute atomic E-state index is 0.361. The van der Waals surface area contributed by atoms with Crippen LogP contribution in [0.3, 0.4) is 0 Å². The van der Waals surface area contributed by atoms with Gasteiger partial charge in [-0.3, -0.25) is 0 Å². The molecule has 226 valence electrons. The van der Waals surface area contributed by atoms with Crippen molar-refractivity contribution >= 4 is 24.1 Å². The SMILES string of the molecule is COc1ccc(-c2nc(-c3ccc(C=CC(=O)O)cc3)c(-c3ccc(C=CC(=O)OCCCCc4ccccc4)cc3)[nH]2)cc1. The zero-order valence-electron chi connectivity index (χ0n) is 25.0. The minimum atomic E-state index is -0.998. The van der Waals surface area contributed by atoms with Gasteiger partial charge in [0.25, 0.3) is 0 Å². The highest BCUT2D eigenvalue weighted by molar-refractivity contribution is 5.88. The topological polar surface area (TPSA) is 102 Å². The van der Waals surface area contributed by atoms with E-state index in [1.165, 1.54) is 11.6 Å². The Kier molecular flexibility index (Phi) is 10.4. The molecule has 1 heterocycles. The monoisotopic (exact) mass is 598 g/mol. The number of aliphatic carboxylic acids is 1. The van der Waals surface area contributed by atoms with Crippen molar-refractivity contribution in [1.82, 2.24) is 9.97 Å². The molecule has 0 aliphatic heterocycles. The first kappa shape index (κ1) is 30.8. The molecule has 0 atom stereocenters. The zero-order chi connectivity index (χ0) is 31.4. The van der Waals surface area contributed by atoms with Crippen molar-refractivity contribution in [2.75, 3.05) is 13.7 Å². The molecule has 4 aromatic carbocycles. The second-order valence-corrected chi connectivity index (χ2v) is 10.4. The maximum Gasteiger partial charge on any atom is 0.330 e. The first-order valence-electron chi connectivity index (χ1n) is 14.7. The highest BCUT2D eigenvalue weighted by atomic mass is 16.5. The highest BCUT2D eigenvalue weighted by Gasteiger charge is 2.16. The van der Waals surface area contributed by atoms with E-state index in [1.807, 2.05) is 91.0 Å². The molecule has 7 heteroatoms. The Bertz CT molecular complexity index is 1770. The first-order chi connectivity index (χ1) is 22.0. The molecule has 0 aliphatic rings. The van der Waals surface area contributed by atoms with Crippen LogP contribution in [0, 0.1) is 0 Å². The lowest BCUT2D eigenvalue weighted by atomic mass is 10.0. The molecule has 0 fully saturated rings. The number of aryl methyl sites for hydroxylation is 1. The number of nitrogens with zero attached hydrogens (tertiary/aromatic N) is 1. The summed E-state index contributed by atoms with van der Waals surface area (Å²) in [6.45, 7) is 0.394. The Labute approximate surface area is 262 Å². The third-order valence-electron chi connectivity index (χ3n) is 7.23. The number of carboxylic acids is 1. The number of carboxylic acid groups (broad SMARTS) is 1. The van der Waals surface area contributed by atoms with Gasteiger partial charge in [-0.2, -0.15) is 0 Å². The van der Waals surface area contributed by atoms with Crippen molar-refractivity contribution < 1.29 is 24.2 Å². The summed E-state index contributed by atoms with van der Waals surface area (Å²) < 4.78 is 10.7. The van der Waals surface area contributed by atoms with Crippen LogP contribution < -0.4 is 4.74 Å². The lowest BCUT2D eigenvalue weighted by Gasteiger charge is -2.05. The van der Waals surface area contributed by atoms with Crippen LogP contribution in [0.15, 0.2) is 115 Å². The number of rotatable bonds is 13. The predicted octanol–water partition coefficient (Wildman–Crippen LogP) is 8.10. The lowest BCUT2D eigenvalue weighted by Crippen LogP contribution is -2.02. The number of esters is 1. The van der Waals surface area contributed by atoms with E-state index in [1.54, 1.807) is 19.3 Å². The molecule has 1 aromatic heterocycles. The van der Waals surface area contributed by atoms with Crippen LogP contribution in [-0.2, 0) is 20.7 Å². The third kappa shape index (κ3) is 8.67. The summed E-state index contributed by atoms with van der Waals surface area (Å²) in [7, 11) is 1.63. The van der Waals surface area contributed by atoms with Gasteiger partial charge in [0, 0.05) is 28.8 Å². The first-order valence-corrected chi connectivity index (χ1v) is 14.7. The number of unbranched alkanes of at least 4 members (excludes halogenated alkanes) is 1. The van der Waals surface area contributed by atoms with E-state index < -0.39 is 5.97 Å². The summed E-state index contributed by atoms with van der Waals surface area (Å²) >= 11 is 0. The lowest BCUT2D eigenvalue weighted by molar-refractivity contribution is -0.137. The number of benzene rings is 4. The molecular weight excluding hydrogens is 564 g/mol. The van der Waals surface area contributed by atoms with Crippen molar-refractivity contribution in [3.63, 3.8) is 0 Å². The van der Waals surface area contributed by atoms with Crippen LogP contribution in [0.25, 0.3) is 46.1 Å². The number of aromatic amines is 1. The molecule has 0 saturated heterocycles. The molecule has 0 radical (unpaired) electrons. The molecule has 0 amide bonds. The average molecular weight is 599 g/mol. The van der Waals surface area contributed by atoms with E-state index in [2.05, 4.69) is 17.1 Å². The molecule has 7 nitrogen and oxygen atoms in total. The second-order valence-electron chi connectivity index (χ2n) is 10.4. The van der Waals surface area contributed by atoms with Crippen LogP contribution in [0.1, 0.15) is 29.5 Å². The van der Waals surface area contributed by atoms with Crippen molar-refractivity contribution in [2.24, 2.45) is 0 Å². The van der Waals surface area contributed by atoms with E-state index in [-0.39, 0.29) is 5.97 Å². The Morgan fingerprint density at radius 2 is 1.38 bits per heavy atom. The summed E-state index contributed by atoms with van der Waals surface area (Å²) in [4.78, 5) is 31.6. The molecule has 5 aromatic rings. The number of methoxy groups -OCH3 is 1. The summed E-state index contributed by atoms with van der Waals surface area (Å²) in [5.74, 6) is 0.0993. The minimum Gasteiger partial charge on any atom is -0.497 e. The van der Waals surface area contributed by atoms with Gasteiger partial charge >= 0.3 is 11.9 Å². The molecule has 0 unspecified atom stereocenters. The van der Waals surface area contributed by atoms with Crippen LogP contribution >= 0.6 is 0 Å². The van der Waals surface area contributed by atoms with Gasteiger partial charge in [-0.25, -0.2) is 14.6 Å². The normalized spacial score (nSPS) is 11.2. The zero-order valence-corrected chi connectivity index (χ0v) is 25.0. The van der Waals surface area contributed by atoms with Gasteiger partial charge in [-0.1, -0.05) is 78.9 Å². The van der Waals surface area contributed by atoms with E-state index in [0.29, 0.717) is 12.4 Å². The van der Waals surface area contributed by atoms with E-state index >= 15 is 0 Å². The van der Waals surface area contributed by atoms with Gasteiger partial charge in [0.15, 0.2) is 0 Å². The second kappa shape index (κ2) is 15.2. The van der Waals surface area contributed by atoms with Crippen molar-refractivity contribution in [1.29, 1.82) is 0 Å². The number of carbonyl (C=O) groups is 2. The smallest absolute Gasteiger partial charge is 0.330 e. The maximum absolute atomic E-state index is 12.3. The summed E-state index contributed by atoms with van der Waals surface area (Å²) in [6, 6.07) is 33.3. The van der Waals surface area contributed by atoms with Crippen molar-refractivity contribution in [2.45, 2.75) is 19.3 Å². The van der Waals surface area contributed by atoms with Crippen LogP contribution in [-0.4, -0.2) is 40.7 Å². The average Bonchev–Trinajstić information content (AvgIpc) is 3.53. The van der Waals surface area contributed by atoms with Crippen LogP contribution in [0.2, 0.25) is 0 Å². The molecule has 5 rings (SSSR count). The molecule has 2 N–H and O–H groups in total. The Morgan fingerprint density at radius 3 is 2.02 bits per heavy atom. The Balaban J connectivity index is 1.29. The quantitative estimate of drug-likeness (QED) is 0.0807. The number of ether oxygens (including phenoxy) is 2. The van der Waals surface area contributed by atoms with E-state index in [4.69, 9.17) is 19.6 Å². The van der Waals surface area contributed by atoms with Gasteiger partial charge in [0.1, 0.15) is 11.6 Å². The number of carbonyl (C=O) groups excluding carboxylic acids is 1. The van der Waals surface area contributed by atoms with Crippen molar-refractivity contribution in [3.05, 3.63) is 132 Å². The number of aromatic nitrogens is 2. The van der Waals surface area contributed by atoms with Crippen LogP contribution in [0.4, 0.5) is 0 Å². The highest BCUT2D eigenvalue weighted by Crippen LogP contribution is 2.34. The van der Waals surface area contributed by atoms with Crippen LogP contribution in [0.5, 0.6) is 5.75 Å². The van der Waals surface area contributed by atoms with E-state index in [9.17, 15) is 9.59 Å².